The van der Waals surface area contributed by atoms with Gasteiger partial charge in [0, 0.05) is 21.2 Å². The van der Waals surface area contributed by atoms with E-state index in [2.05, 4.69) is 26.0 Å². The Morgan fingerprint density at radius 3 is 2.21 bits per heavy atom. The highest BCUT2D eigenvalue weighted by atomic mass is 127. The minimum atomic E-state index is -3.87. The van der Waals surface area contributed by atoms with Crippen molar-refractivity contribution in [3.05, 3.63) is 57.2 Å². The molecule has 0 unspecified atom stereocenters. The molecule has 1 saturated carbocycles. The summed E-state index contributed by atoms with van der Waals surface area (Å²) in [5, 5.41) is 15.9. The number of amides is 4. The Bertz CT molecular complexity index is 1320. The average molecular weight is 657 g/mol. The van der Waals surface area contributed by atoms with Crippen molar-refractivity contribution in [1.29, 1.82) is 0 Å². The second-order valence-electron chi connectivity index (χ2n) is 8.60. The maximum absolute atomic E-state index is 12.7. The monoisotopic (exact) mass is 657 g/mol. The van der Waals surface area contributed by atoms with Gasteiger partial charge in [0.1, 0.15) is 0 Å². The summed E-state index contributed by atoms with van der Waals surface area (Å²) >= 11 is 2.03. The maximum atomic E-state index is 12.7. The molecule has 0 aromatic heterocycles. The van der Waals surface area contributed by atoms with Crippen LogP contribution >= 0.6 is 22.6 Å². The third kappa shape index (κ3) is 8.13. The number of carbonyl (C=O) groups excluding carboxylic acids is 4. The van der Waals surface area contributed by atoms with E-state index < -0.39 is 33.8 Å². The molecule has 0 spiro atoms. The van der Waals surface area contributed by atoms with Crippen LogP contribution in [0.3, 0.4) is 0 Å². The largest absolute Gasteiger partial charge is 0.453 e. The van der Waals surface area contributed by atoms with Gasteiger partial charge in [-0.1, -0.05) is 12.8 Å². The zero-order chi connectivity index (χ0) is 27.9. The summed E-state index contributed by atoms with van der Waals surface area (Å²) in [4.78, 5) is 49.6. The van der Waals surface area contributed by atoms with Gasteiger partial charge >= 0.3 is 6.09 Å². The van der Waals surface area contributed by atoms with Crippen molar-refractivity contribution in [2.24, 2.45) is 5.14 Å². The number of carbonyl (C=O) groups is 4. The molecule has 6 N–H and O–H groups in total. The van der Waals surface area contributed by atoms with Crippen LogP contribution in [-0.4, -0.2) is 58.0 Å². The van der Waals surface area contributed by atoms with Crippen molar-refractivity contribution in [3.8, 4) is 0 Å². The molecule has 2 aromatic rings. The second kappa shape index (κ2) is 13.0. The fourth-order valence-corrected chi connectivity index (χ4v) is 5.02. The molecule has 1 fully saturated rings. The third-order valence-electron chi connectivity index (χ3n) is 5.93. The third-order valence-corrected chi connectivity index (χ3v) is 7.53. The van der Waals surface area contributed by atoms with Crippen molar-refractivity contribution >= 4 is 62.1 Å². The summed E-state index contributed by atoms with van der Waals surface area (Å²) in [6.07, 6.45) is 2.27. The minimum absolute atomic E-state index is 0.0997. The number of nitrogens with one attached hydrogen (secondary N) is 4. The lowest BCUT2D eigenvalue weighted by molar-refractivity contribution is -0.121. The number of primary sulfonamides is 1. The standard InChI is InChI=1S/C24H28IN5O7S/c1-37-24(34)30-18-11-8-15(25)12-17(18)23(33)27-13-21(31)28-19-4-2-3-5-20(19)29-22(32)14-6-9-16(10-7-14)38(26,35)36/h6-12,19-20H,2-5,13H2,1H3,(H,27,33)(H,28,31)(H,29,32)(H,30,34)(H2,26,35,36)/t19-,20+/m1/s1. The Kier molecular flexibility index (Phi) is 10.0. The minimum Gasteiger partial charge on any atom is -0.453 e. The van der Waals surface area contributed by atoms with Crippen LogP contribution in [-0.2, 0) is 19.6 Å². The second-order valence-corrected chi connectivity index (χ2v) is 11.4. The van der Waals surface area contributed by atoms with Gasteiger partial charge in [0.2, 0.25) is 15.9 Å². The molecule has 0 radical (unpaired) electrons. The van der Waals surface area contributed by atoms with Gasteiger partial charge in [-0.3, -0.25) is 19.7 Å². The smallest absolute Gasteiger partial charge is 0.411 e. The van der Waals surface area contributed by atoms with Crippen LogP contribution < -0.4 is 26.4 Å². The molecule has 4 amide bonds. The van der Waals surface area contributed by atoms with E-state index in [4.69, 9.17) is 5.14 Å². The normalized spacial score (nSPS) is 17.1. The molecule has 3 rings (SSSR count). The number of nitrogens with two attached hydrogens (primary N) is 1. The van der Waals surface area contributed by atoms with Crippen LogP contribution in [0.4, 0.5) is 10.5 Å². The molecular weight excluding hydrogens is 629 g/mol. The molecule has 0 aliphatic heterocycles. The molecule has 0 saturated heterocycles. The zero-order valence-corrected chi connectivity index (χ0v) is 23.4. The van der Waals surface area contributed by atoms with Gasteiger partial charge in [-0.25, -0.2) is 18.4 Å². The summed E-state index contributed by atoms with van der Waals surface area (Å²) < 4.78 is 28.2. The summed E-state index contributed by atoms with van der Waals surface area (Å²) in [6, 6.07) is 9.40. The molecule has 2 aromatic carbocycles. The van der Waals surface area contributed by atoms with Crippen LogP contribution in [0.2, 0.25) is 0 Å². The van der Waals surface area contributed by atoms with Gasteiger partial charge in [-0.15, -0.1) is 0 Å². The zero-order valence-electron chi connectivity index (χ0n) is 20.5. The molecule has 38 heavy (non-hydrogen) atoms. The quantitative estimate of drug-likeness (QED) is 0.268. The predicted octanol–water partition coefficient (Wildman–Crippen LogP) is 1.70. The van der Waals surface area contributed by atoms with Crippen molar-refractivity contribution in [2.45, 2.75) is 42.7 Å². The first-order valence-electron chi connectivity index (χ1n) is 11.6. The molecule has 2 atom stereocenters. The maximum Gasteiger partial charge on any atom is 0.411 e. The molecule has 1 aliphatic carbocycles. The highest BCUT2D eigenvalue weighted by Gasteiger charge is 2.28. The Hall–Kier alpha value is -3.24. The number of benzene rings is 2. The first-order chi connectivity index (χ1) is 18.0. The van der Waals surface area contributed by atoms with Crippen LogP contribution in [0.15, 0.2) is 47.4 Å². The van der Waals surface area contributed by atoms with E-state index in [1.165, 1.54) is 31.4 Å². The Labute approximate surface area is 233 Å². The van der Waals surface area contributed by atoms with E-state index in [1.54, 1.807) is 18.2 Å². The molecule has 1 aliphatic rings. The lowest BCUT2D eigenvalue weighted by atomic mass is 9.90. The summed E-state index contributed by atoms with van der Waals surface area (Å²) in [7, 11) is -2.66. The van der Waals surface area contributed by atoms with Crippen molar-refractivity contribution in [3.63, 3.8) is 0 Å². The molecule has 0 heterocycles. The Morgan fingerprint density at radius 2 is 1.61 bits per heavy atom. The topological polar surface area (TPSA) is 186 Å². The van der Waals surface area contributed by atoms with Crippen LogP contribution in [0, 0.1) is 3.57 Å². The SMILES string of the molecule is COC(=O)Nc1ccc(I)cc1C(=O)NCC(=O)N[C@@H]1CCCC[C@@H]1NC(=O)c1ccc(S(N)(=O)=O)cc1. The van der Waals surface area contributed by atoms with E-state index in [-0.39, 0.29) is 40.3 Å². The fraction of sp³-hybridized carbons (Fsp3) is 0.333. The van der Waals surface area contributed by atoms with E-state index in [0.29, 0.717) is 12.8 Å². The summed E-state index contributed by atoms with van der Waals surface area (Å²) in [5.74, 6) is -1.40. The molecule has 0 bridgehead atoms. The average Bonchev–Trinajstić information content (AvgIpc) is 2.88. The predicted molar refractivity (Wildman–Crippen MR) is 147 cm³/mol. The van der Waals surface area contributed by atoms with Crippen LogP contribution in [0.25, 0.3) is 0 Å². The highest BCUT2D eigenvalue weighted by molar-refractivity contribution is 14.1. The summed E-state index contributed by atoms with van der Waals surface area (Å²) in [6.45, 7) is -0.311. The highest BCUT2D eigenvalue weighted by Crippen LogP contribution is 2.21. The lowest BCUT2D eigenvalue weighted by Crippen LogP contribution is -2.54. The van der Waals surface area contributed by atoms with Gasteiger partial charge in [-0.05, 0) is 77.9 Å². The number of methoxy groups -OCH3 is 1. The summed E-state index contributed by atoms with van der Waals surface area (Å²) in [5.41, 5.74) is 0.669. The number of ether oxygens (including phenoxy) is 1. The Morgan fingerprint density at radius 1 is 0.974 bits per heavy atom. The molecule has 12 nitrogen and oxygen atoms in total. The van der Waals surface area contributed by atoms with E-state index >= 15 is 0 Å². The molecular formula is C24H28IN5O7S. The van der Waals surface area contributed by atoms with E-state index in [9.17, 15) is 27.6 Å². The Balaban J connectivity index is 1.59. The first kappa shape index (κ1) is 29.3. The van der Waals surface area contributed by atoms with Crippen molar-refractivity contribution < 1.29 is 32.3 Å². The van der Waals surface area contributed by atoms with E-state index in [1.807, 2.05) is 22.6 Å². The number of rotatable bonds is 8. The van der Waals surface area contributed by atoms with Gasteiger partial charge in [-0.2, -0.15) is 0 Å². The van der Waals surface area contributed by atoms with Gasteiger partial charge in [0.15, 0.2) is 0 Å². The fourth-order valence-electron chi connectivity index (χ4n) is 4.01. The lowest BCUT2D eigenvalue weighted by Gasteiger charge is -2.33. The number of anilines is 1. The van der Waals surface area contributed by atoms with Gasteiger partial charge in [0.05, 0.1) is 29.8 Å². The number of sulfonamides is 1. The van der Waals surface area contributed by atoms with Crippen LogP contribution in [0.1, 0.15) is 46.4 Å². The van der Waals surface area contributed by atoms with Crippen LogP contribution in [0.5, 0.6) is 0 Å². The molecule has 204 valence electrons. The van der Waals surface area contributed by atoms with Crippen molar-refractivity contribution in [2.75, 3.05) is 19.0 Å². The van der Waals surface area contributed by atoms with Gasteiger partial charge in [0.25, 0.3) is 11.8 Å². The number of halogens is 1. The number of hydrogen-bond donors (Lipinski definition) is 5. The molecule has 14 heteroatoms. The number of hydrogen-bond acceptors (Lipinski definition) is 7. The van der Waals surface area contributed by atoms with Gasteiger partial charge < -0.3 is 20.7 Å². The van der Waals surface area contributed by atoms with Crippen molar-refractivity contribution in [1.82, 2.24) is 16.0 Å². The first-order valence-corrected chi connectivity index (χ1v) is 14.3. The van der Waals surface area contributed by atoms with E-state index in [0.717, 1.165) is 16.4 Å².